The van der Waals surface area contributed by atoms with Gasteiger partial charge in [0, 0.05) is 26.2 Å². The standard InChI is InChI=1S/C12H23NO3/c1-9(2)8-16-5-4-13-6-11(7-13)10(3)12(14)15/h9-11H,4-8H2,1-3H3,(H,14,15). The lowest BCUT2D eigenvalue weighted by molar-refractivity contribution is -0.145. The summed E-state index contributed by atoms with van der Waals surface area (Å²) in [5.74, 6) is 0.00677. The zero-order chi connectivity index (χ0) is 12.1. The van der Waals surface area contributed by atoms with Gasteiger partial charge in [0.05, 0.1) is 12.5 Å². The lowest BCUT2D eigenvalue weighted by Crippen LogP contribution is -2.51. The number of aliphatic carboxylic acids is 1. The van der Waals surface area contributed by atoms with Crippen LogP contribution in [0.15, 0.2) is 0 Å². The SMILES string of the molecule is CC(C)COCCN1CC(C(C)C(=O)O)C1. The lowest BCUT2D eigenvalue weighted by atomic mass is 9.87. The van der Waals surface area contributed by atoms with Crippen LogP contribution < -0.4 is 0 Å². The molecule has 0 amide bonds. The third-order valence-electron chi connectivity index (χ3n) is 3.09. The van der Waals surface area contributed by atoms with E-state index in [4.69, 9.17) is 9.84 Å². The van der Waals surface area contributed by atoms with Crippen molar-refractivity contribution in [3.05, 3.63) is 0 Å². The Kier molecular flexibility index (Phi) is 5.22. The normalized spacial score (nSPS) is 19.8. The maximum Gasteiger partial charge on any atom is 0.306 e. The van der Waals surface area contributed by atoms with Gasteiger partial charge in [0.25, 0.3) is 0 Å². The molecule has 94 valence electrons. The van der Waals surface area contributed by atoms with Gasteiger partial charge in [-0.2, -0.15) is 0 Å². The smallest absolute Gasteiger partial charge is 0.306 e. The summed E-state index contributed by atoms with van der Waals surface area (Å²) < 4.78 is 5.49. The zero-order valence-corrected chi connectivity index (χ0v) is 10.5. The van der Waals surface area contributed by atoms with Crippen LogP contribution in [0.5, 0.6) is 0 Å². The quantitative estimate of drug-likeness (QED) is 0.669. The molecule has 1 heterocycles. The summed E-state index contributed by atoms with van der Waals surface area (Å²) in [6, 6.07) is 0. The van der Waals surface area contributed by atoms with Crippen molar-refractivity contribution in [2.24, 2.45) is 17.8 Å². The predicted octanol–water partition coefficient (Wildman–Crippen LogP) is 1.31. The van der Waals surface area contributed by atoms with E-state index in [0.717, 1.165) is 32.8 Å². The molecule has 0 saturated carbocycles. The van der Waals surface area contributed by atoms with Crippen LogP contribution in [-0.2, 0) is 9.53 Å². The monoisotopic (exact) mass is 229 g/mol. The first-order chi connectivity index (χ1) is 7.50. The number of nitrogens with zero attached hydrogens (tertiary/aromatic N) is 1. The number of rotatable bonds is 7. The number of ether oxygens (including phenoxy) is 1. The van der Waals surface area contributed by atoms with Gasteiger partial charge < -0.3 is 14.7 Å². The molecule has 1 aliphatic heterocycles. The van der Waals surface area contributed by atoms with E-state index in [0.29, 0.717) is 11.8 Å². The Labute approximate surface area is 97.6 Å². The fraction of sp³-hybridized carbons (Fsp3) is 0.917. The third-order valence-corrected chi connectivity index (χ3v) is 3.09. The van der Waals surface area contributed by atoms with Gasteiger partial charge in [-0.05, 0) is 11.8 Å². The molecular formula is C12H23NO3. The summed E-state index contributed by atoms with van der Waals surface area (Å²) in [6.07, 6.45) is 0. The van der Waals surface area contributed by atoms with Crippen LogP contribution >= 0.6 is 0 Å². The van der Waals surface area contributed by atoms with Crippen LogP contribution in [0.4, 0.5) is 0 Å². The van der Waals surface area contributed by atoms with Crippen LogP contribution in [0.1, 0.15) is 20.8 Å². The van der Waals surface area contributed by atoms with Gasteiger partial charge >= 0.3 is 5.97 Å². The molecule has 1 unspecified atom stereocenters. The second kappa shape index (κ2) is 6.21. The number of carbonyl (C=O) groups is 1. The highest BCUT2D eigenvalue weighted by molar-refractivity contribution is 5.70. The van der Waals surface area contributed by atoms with Gasteiger partial charge in [0.1, 0.15) is 0 Å². The van der Waals surface area contributed by atoms with E-state index in [1.54, 1.807) is 6.92 Å². The van der Waals surface area contributed by atoms with E-state index in [9.17, 15) is 4.79 Å². The number of carboxylic acids is 1. The molecule has 1 rings (SSSR count). The Morgan fingerprint density at radius 1 is 1.44 bits per heavy atom. The molecule has 4 nitrogen and oxygen atoms in total. The van der Waals surface area contributed by atoms with Crippen LogP contribution in [0.25, 0.3) is 0 Å². The first-order valence-electron chi connectivity index (χ1n) is 6.03. The summed E-state index contributed by atoms with van der Waals surface area (Å²) in [6.45, 7) is 10.4. The van der Waals surface area contributed by atoms with Gasteiger partial charge in [-0.3, -0.25) is 4.79 Å². The number of carboxylic acid groups (broad SMARTS) is 1. The van der Waals surface area contributed by atoms with Crippen molar-refractivity contribution in [3.63, 3.8) is 0 Å². The van der Waals surface area contributed by atoms with Gasteiger partial charge in [0.2, 0.25) is 0 Å². The van der Waals surface area contributed by atoms with E-state index in [2.05, 4.69) is 18.7 Å². The average molecular weight is 229 g/mol. The van der Waals surface area contributed by atoms with E-state index >= 15 is 0 Å². The molecule has 16 heavy (non-hydrogen) atoms. The van der Waals surface area contributed by atoms with Crippen molar-refractivity contribution in [3.8, 4) is 0 Å². The Bertz CT molecular complexity index is 224. The second-order valence-corrected chi connectivity index (χ2v) is 5.12. The molecule has 0 spiro atoms. The molecule has 1 saturated heterocycles. The highest BCUT2D eigenvalue weighted by Gasteiger charge is 2.34. The highest BCUT2D eigenvalue weighted by atomic mass is 16.5. The first kappa shape index (κ1) is 13.5. The minimum Gasteiger partial charge on any atom is -0.481 e. The Morgan fingerprint density at radius 2 is 2.06 bits per heavy atom. The molecule has 4 heteroatoms. The fourth-order valence-corrected chi connectivity index (χ4v) is 1.82. The molecule has 1 atom stereocenters. The summed E-state index contributed by atoms with van der Waals surface area (Å²) in [5, 5.41) is 8.84. The average Bonchev–Trinajstić information content (AvgIpc) is 2.13. The van der Waals surface area contributed by atoms with E-state index in [-0.39, 0.29) is 5.92 Å². The molecule has 1 fully saturated rings. The van der Waals surface area contributed by atoms with E-state index < -0.39 is 5.97 Å². The summed E-state index contributed by atoms with van der Waals surface area (Å²) in [5.41, 5.74) is 0. The minimum atomic E-state index is -0.680. The van der Waals surface area contributed by atoms with E-state index in [1.807, 2.05) is 0 Å². The zero-order valence-electron chi connectivity index (χ0n) is 10.5. The molecule has 0 aromatic heterocycles. The van der Waals surface area contributed by atoms with Crippen molar-refractivity contribution in [2.75, 3.05) is 32.8 Å². The van der Waals surface area contributed by atoms with Crippen molar-refractivity contribution < 1.29 is 14.6 Å². The maximum absolute atomic E-state index is 10.7. The maximum atomic E-state index is 10.7. The molecule has 0 bridgehead atoms. The van der Waals surface area contributed by atoms with Gasteiger partial charge in [-0.25, -0.2) is 0 Å². The number of hydrogen-bond acceptors (Lipinski definition) is 3. The van der Waals surface area contributed by atoms with Crippen LogP contribution in [0, 0.1) is 17.8 Å². The number of hydrogen-bond donors (Lipinski definition) is 1. The molecule has 0 radical (unpaired) electrons. The van der Waals surface area contributed by atoms with Crippen LogP contribution in [0.2, 0.25) is 0 Å². The molecule has 0 aromatic rings. The molecule has 0 aliphatic carbocycles. The first-order valence-corrected chi connectivity index (χ1v) is 6.03. The van der Waals surface area contributed by atoms with Crippen LogP contribution in [0.3, 0.4) is 0 Å². The molecule has 1 aliphatic rings. The third kappa shape index (κ3) is 4.10. The van der Waals surface area contributed by atoms with Gasteiger partial charge in [0.15, 0.2) is 0 Å². The Morgan fingerprint density at radius 3 is 2.56 bits per heavy atom. The molecule has 0 aromatic carbocycles. The van der Waals surface area contributed by atoms with Crippen molar-refractivity contribution in [2.45, 2.75) is 20.8 Å². The van der Waals surface area contributed by atoms with Crippen molar-refractivity contribution >= 4 is 5.97 Å². The summed E-state index contributed by atoms with van der Waals surface area (Å²) >= 11 is 0. The predicted molar refractivity (Wildman–Crippen MR) is 62.4 cm³/mol. The highest BCUT2D eigenvalue weighted by Crippen LogP contribution is 2.23. The second-order valence-electron chi connectivity index (χ2n) is 5.12. The van der Waals surface area contributed by atoms with Crippen molar-refractivity contribution in [1.82, 2.24) is 4.90 Å². The Hall–Kier alpha value is -0.610. The van der Waals surface area contributed by atoms with Gasteiger partial charge in [-0.1, -0.05) is 20.8 Å². The lowest BCUT2D eigenvalue weighted by Gasteiger charge is -2.41. The molecular weight excluding hydrogens is 206 g/mol. The number of likely N-dealkylation sites (tertiary alicyclic amines) is 1. The topological polar surface area (TPSA) is 49.8 Å². The van der Waals surface area contributed by atoms with E-state index in [1.165, 1.54) is 0 Å². The van der Waals surface area contributed by atoms with Crippen molar-refractivity contribution in [1.29, 1.82) is 0 Å². The molecule has 1 N–H and O–H groups in total. The largest absolute Gasteiger partial charge is 0.481 e. The van der Waals surface area contributed by atoms with Gasteiger partial charge in [-0.15, -0.1) is 0 Å². The van der Waals surface area contributed by atoms with Crippen LogP contribution in [-0.4, -0.2) is 48.8 Å². The summed E-state index contributed by atoms with van der Waals surface area (Å²) in [4.78, 5) is 13.0. The summed E-state index contributed by atoms with van der Waals surface area (Å²) in [7, 11) is 0. The minimum absolute atomic E-state index is 0.215. The fourth-order valence-electron chi connectivity index (χ4n) is 1.82. The Balaban J connectivity index is 2.02.